The number of hydrogen-bond donors (Lipinski definition) is 1. The normalized spacial score (nSPS) is 15.0. The van der Waals surface area contributed by atoms with Crippen molar-refractivity contribution in [1.82, 2.24) is 14.9 Å². The topological polar surface area (TPSA) is 61.4 Å². The Hall–Kier alpha value is -2.55. The Kier molecular flexibility index (Phi) is 5.41. The summed E-state index contributed by atoms with van der Waals surface area (Å²) in [5.41, 5.74) is -0.0166. The van der Waals surface area contributed by atoms with Gasteiger partial charge < -0.3 is 15.1 Å². The Balaban J connectivity index is 1.82. The molecule has 2 heterocycles. The van der Waals surface area contributed by atoms with Gasteiger partial charge in [0, 0.05) is 43.6 Å². The number of amides is 1. The highest BCUT2D eigenvalue weighted by Crippen LogP contribution is 2.36. The van der Waals surface area contributed by atoms with E-state index in [2.05, 4.69) is 15.3 Å². The minimum atomic E-state index is -4.54. The fourth-order valence-corrected chi connectivity index (χ4v) is 2.98. The van der Waals surface area contributed by atoms with Gasteiger partial charge >= 0.3 is 6.18 Å². The number of alkyl halides is 3. The first kappa shape index (κ1) is 19.2. The van der Waals surface area contributed by atoms with Crippen LogP contribution in [0.2, 0.25) is 5.02 Å². The molecule has 0 atom stereocenters. The summed E-state index contributed by atoms with van der Waals surface area (Å²) < 4.78 is 39.1. The Morgan fingerprint density at radius 1 is 1.15 bits per heavy atom. The number of halogens is 4. The molecule has 1 amide bonds. The fourth-order valence-electron chi connectivity index (χ4n) is 2.75. The maximum absolute atomic E-state index is 13.0. The summed E-state index contributed by atoms with van der Waals surface area (Å²) in [5, 5.41) is 2.52. The molecular weight excluding hydrogens is 383 g/mol. The molecule has 1 aliphatic rings. The number of carbonyl (C=O) groups excluding carboxylic acids is 1. The number of aromatic nitrogens is 2. The third-order valence-corrected chi connectivity index (χ3v) is 4.46. The molecule has 1 aliphatic heterocycles. The van der Waals surface area contributed by atoms with Gasteiger partial charge in [0.15, 0.2) is 0 Å². The minimum Gasteiger partial charge on any atom is -0.342 e. The molecule has 0 bridgehead atoms. The SMILES string of the molecule is Cc1cc(Nc2ccc(Cl)c(C(F)(F)F)c2)nc(N2CCN(C=O)CC2)n1. The molecule has 1 N–H and O–H groups in total. The lowest BCUT2D eigenvalue weighted by molar-refractivity contribution is -0.137. The smallest absolute Gasteiger partial charge is 0.342 e. The van der Waals surface area contributed by atoms with E-state index in [4.69, 9.17) is 11.6 Å². The van der Waals surface area contributed by atoms with Crippen molar-refractivity contribution in [1.29, 1.82) is 0 Å². The van der Waals surface area contributed by atoms with Crippen molar-refractivity contribution >= 4 is 35.5 Å². The van der Waals surface area contributed by atoms with Gasteiger partial charge in [0.05, 0.1) is 10.6 Å². The Morgan fingerprint density at radius 3 is 2.48 bits per heavy atom. The summed E-state index contributed by atoms with van der Waals surface area (Å²) in [7, 11) is 0. The molecule has 1 aromatic heterocycles. The molecule has 0 spiro atoms. The van der Waals surface area contributed by atoms with Crippen LogP contribution in [0.4, 0.5) is 30.6 Å². The average molecular weight is 400 g/mol. The highest BCUT2D eigenvalue weighted by atomic mass is 35.5. The second-order valence-electron chi connectivity index (χ2n) is 6.14. The van der Waals surface area contributed by atoms with Crippen molar-refractivity contribution in [2.75, 3.05) is 36.4 Å². The molecule has 0 radical (unpaired) electrons. The summed E-state index contributed by atoms with van der Waals surface area (Å²) in [6.45, 7) is 4.08. The number of anilines is 3. The van der Waals surface area contributed by atoms with Gasteiger partial charge in [0.25, 0.3) is 0 Å². The van der Waals surface area contributed by atoms with Crippen molar-refractivity contribution < 1.29 is 18.0 Å². The summed E-state index contributed by atoms with van der Waals surface area (Å²) in [6, 6.07) is 5.24. The molecule has 10 heteroatoms. The van der Waals surface area contributed by atoms with Crippen LogP contribution in [0.3, 0.4) is 0 Å². The van der Waals surface area contributed by atoms with Crippen LogP contribution in [0.25, 0.3) is 0 Å². The van der Waals surface area contributed by atoms with Gasteiger partial charge in [-0.1, -0.05) is 11.6 Å². The largest absolute Gasteiger partial charge is 0.417 e. The van der Waals surface area contributed by atoms with Gasteiger partial charge in [-0.05, 0) is 25.1 Å². The number of carbonyl (C=O) groups is 1. The van der Waals surface area contributed by atoms with Crippen LogP contribution in [0.15, 0.2) is 24.3 Å². The van der Waals surface area contributed by atoms with E-state index in [0.29, 0.717) is 43.6 Å². The number of aryl methyl sites for hydroxylation is 1. The Bertz CT molecular complexity index is 838. The van der Waals surface area contributed by atoms with Gasteiger partial charge in [0.2, 0.25) is 12.4 Å². The lowest BCUT2D eigenvalue weighted by Crippen LogP contribution is -2.46. The maximum atomic E-state index is 13.0. The zero-order valence-corrected chi connectivity index (χ0v) is 15.2. The molecule has 0 unspecified atom stereocenters. The second-order valence-corrected chi connectivity index (χ2v) is 6.55. The van der Waals surface area contributed by atoms with Gasteiger partial charge in [-0.25, -0.2) is 4.98 Å². The molecule has 0 aliphatic carbocycles. The van der Waals surface area contributed by atoms with E-state index in [9.17, 15) is 18.0 Å². The zero-order chi connectivity index (χ0) is 19.6. The van der Waals surface area contributed by atoms with E-state index in [1.165, 1.54) is 12.1 Å². The molecule has 1 fully saturated rings. The van der Waals surface area contributed by atoms with Gasteiger partial charge in [0.1, 0.15) is 5.82 Å². The summed E-state index contributed by atoms with van der Waals surface area (Å²) in [4.78, 5) is 23.2. The first-order valence-electron chi connectivity index (χ1n) is 8.20. The molecular formula is C17H17ClF3N5O. The van der Waals surface area contributed by atoms with E-state index in [1.54, 1.807) is 17.9 Å². The summed E-state index contributed by atoms with van der Waals surface area (Å²) in [6.07, 6.45) is -3.74. The van der Waals surface area contributed by atoms with Crippen LogP contribution < -0.4 is 10.2 Å². The predicted molar refractivity (Wildman–Crippen MR) is 96.4 cm³/mol. The average Bonchev–Trinajstić information content (AvgIpc) is 2.62. The van der Waals surface area contributed by atoms with E-state index >= 15 is 0 Å². The Morgan fingerprint density at radius 2 is 1.85 bits per heavy atom. The molecule has 1 aromatic carbocycles. The van der Waals surface area contributed by atoms with Crippen LogP contribution in [0.5, 0.6) is 0 Å². The highest BCUT2D eigenvalue weighted by Gasteiger charge is 2.33. The summed E-state index contributed by atoms with van der Waals surface area (Å²) >= 11 is 5.65. The number of benzene rings is 1. The van der Waals surface area contributed by atoms with E-state index in [-0.39, 0.29) is 10.7 Å². The Labute approximate surface area is 159 Å². The number of piperazine rings is 1. The molecule has 144 valence electrons. The van der Waals surface area contributed by atoms with Crippen LogP contribution in [-0.2, 0) is 11.0 Å². The molecule has 27 heavy (non-hydrogen) atoms. The standard InChI is InChI=1S/C17H17ClF3N5O/c1-11-8-15(23-12-2-3-14(18)13(9-12)17(19,20)21)24-16(22-11)26-6-4-25(10-27)5-7-26/h2-3,8-10H,4-7H2,1H3,(H,22,23,24). The number of hydrogen-bond acceptors (Lipinski definition) is 5. The van der Waals surface area contributed by atoms with Crippen molar-refractivity contribution in [3.63, 3.8) is 0 Å². The maximum Gasteiger partial charge on any atom is 0.417 e. The van der Waals surface area contributed by atoms with Crippen LogP contribution in [0.1, 0.15) is 11.3 Å². The number of nitrogens with zero attached hydrogens (tertiary/aromatic N) is 4. The van der Waals surface area contributed by atoms with Crippen molar-refractivity contribution in [2.45, 2.75) is 13.1 Å². The van der Waals surface area contributed by atoms with E-state index in [0.717, 1.165) is 12.5 Å². The van der Waals surface area contributed by atoms with Crippen LogP contribution >= 0.6 is 11.6 Å². The second kappa shape index (κ2) is 7.59. The zero-order valence-electron chi connectivity index (χ0n) is 14.4. The number of nitrogens with one attached hydrogen (secondary N) is 1. The summed E-state index contributed by atoms with van der Waals surface area (Å²) in [5.74, 6) is 0.846. The monoisotopic (exact) mass is 399 g/mol. The third-order valence-electron chi connectivity index (χ3n) is 4.13. The first-order valence-corrected chi connectivity index (χ1v) is 8.58. The minimum absolute atomic E-state index is 0.224. The molecule has 0 saturated carbocycles. The van der Waals surface area contributed by atoms with Gasteiger partial charge in [-0.3, -0.25) is 4.79 Å². The number of rotatable bonds is 4. The molecule has 2 aromatic rings. The van der Waals surface area contributed by atoms with Crippen molar-refractivity contribution in [2.24, 2.45) is 0 Å². The van der Waals surface area contributed by atoms with Crippen LogP contribution in [-0.4, -0.2) is 47.5 Å². The quantitative estimate of drug-likeness (QED) is 0.797. The highest BCUT2D eigenvalue weighted by molar-refractivity contribution is 6.31. The van der Waals surface area contributed by atoms with E-state index in [1.807, 2.05) is 4.90 Å². The molecule has 3 rings (SSSR count). The third kappa shape index (κ3) is 4.60. The van der Waals surface area contributed by atoms with Gasteiger partial charge in [-0.15, -0.1) is 0 Å². The van der Waals surface area contributed by atoms with E-state index < -0.39 is 11.7 Å². The first-order chi connectivity index (χ1) is 12.8. The lowest BCUT2D eigenvalue weighted by Gasteiger charge is -2.32. The van der Waals surface area contributed by atoms with Crippen LogP contribution in [0, 0.1) is 6.92 Å². The predicted octanol–water partition coefficient (Wildman–Crippen LogP) is 3.48. The lowest BCUT2D eigenvalue weighted by atomic mass is 10.2. The molecule has 6 nitrogen and oxygen atoms in total. The van der Waals surface area contributed by atoms with Gasteiger partial charge in [-0.2, -0.15) is 18.2 Å². The fraction of sp³-hybridized carbons (Fsp3) is 0.353. The van der Waals surface area contributed by atoms with Crippen molar-refractivity contribution in [3.05, 3.63) is 40.5 Å². The molecule has 1 saturated heterocycles. The van der Waals surface area contributed by atoms with Crippen molar-refractivity contribution in [3.8, 4) is 0 Å².